The van der Waals surface area contributed by atoms with E-state index in [0.29, 0.717) is 29.1 Å². The maximum Gasteiger partial charge on any atom is 0.253 e. The van der Waals surface area contributed by atoms with Crippen molar-refractivity contribution in [2.24, 2.45) is 0 Å². The third kappa shape index (κ3) is 3.58. The van der Waals surface area contributed by atoms with E-state index in [-0.39, 0.29) is 5.91 Å². The number of nitrogens with zero attached hydrogens (tertiary/aromatic N) is 4. The summed E-state index contributed by atoms with van der Waals surface area (Å²) in [5, 5.41) is 8.20. The van der Waals surface area contributed by atoms with E-state index in [2.05, 4.69) is 20.4 Å². The lowest BCUT2D eigenvalue weighted by Gasteiger charge is -2.10. The normalized spacial score (nSPS) is 15.5. The molecule has 22 heavy (non-hydrogen) atoms. The Morgan fingerprint density at radius 3 is 2.91 bits per heavy atom. The van der Waals surface area contributed by atoms with Crippen molar-refractivity contribution in [1.29, 1.82) is 0 Å². The Balaban J connectivity index is 1.53. The molecule has 1 amide bonds. The van der Waals surface area contributed by atoms with Gasteiger partial charge in [-0.3, -0.25) is 4.79 Å². The molecule has 1 fully saturated rings. The smallest absolute Gasteiger partial charge is 0.253 e. The number of hydrogen-bond acceptors (Lipinski definition) is 5. The quantitative estimate of drug-likeness (QED) is 0.856. The summed E-state index contributed by atoms with van der Waals surface area (Å²) in [6.07, 6.45) is 5.21. The van der Waals surface area contributed by atoms with Crippen LogP contribution in [0.4, 0.5) is 0 Å². The van der Waals surface area contributed by atoms with E-state index in [1.807, 2.05) is 19.9 Å². The van der Waals surface area contributed by atoms with Gasteiger partial charge in [-0.05, 0) is 32.8 Å². The minimum absolute atomic E-state index is 0.133. The van der Waals surface area contributed by atoms with Gasteiger partial charge < -0.3 is 5.32 Å². The minimum Gasteiger partial charge on any atom is -0.353 e. The molecule has 0 bridgehead atoms. The van der Waals surface area contributed by atoms with Gasteiger partial charge in [-0.1, -0.05) is 24.6 Å². The number of aromatic nitrogens is 4. The number of thioether (sulfide) groups is 1. The minimum atomic E-state index is 0.133. The zero-order valence-corrected chi connectivity index (χ0v) is 13.8. The molecule has 1 N–H and O–H groups in total. The molecule has 0 saturated heterocycles. The first-order valence-electron chi connectivity index (χ1n) is 7.75. The predicted molar refractivity (Wildman–Crippen MR) is 86.0 cm³/mol. The van der Waals surface area contributed by atoms with Gasteiger partial charge in [0, 0.05) is 29.6 Å². The average Bonchev–Trinajstić information content (AvgIpc) is 3.08. The van der Waals surface area contributed by atoms with Gasteiger partial charge in [0.15, 0.2) is 0 Å². The molecule has 1 aliphatic rings. The fourth-order valence-corrected chi connectivity index (χ4v) is 3.57. The fourth-order valence-electron chi connectivity index (χ4n) is 2.81. The van der Waals surface area contributed by atoms with Crippen molar-refractivity contribution in [1.82, 2.24) is 24.9 Å². The molecule has 7 heteroatoms. The van der Waals surface area contributed by atoms with Crippen molar-refractivity contribution in [2.75, 3.05) is 5.75 Å². The molecule has 2 aromatic heterocycles. The van der Waals surface area contributed by atoms with Gasteiger partial charge in [0.2, 0.25) is 11.1 Å². The molecular weight excluding hydrogens is 298 g/mol. The molecule has 2 heterocycles. The van der Waals surface area contributed by atoms with E-state index in [9.17, 15) is 4.79 Å². The van der Waals surface area contributed by atoms with Gasteiger partial charge in [-0.15, -0.1) is 5.10 Å². The van der Waals surface area contributed by atoms with Crippen LogP contribution in [-0.4, -0.2) is 37.3 Å². The molecule has 6 nitrogen and oxygen atoms in total. The largest absolute Gasteiger partial charge is 0.353 e. The molecular formula is C15H21N5OS. The molecule has 0 radical (unpaired) electrons. The standard InChI is InChI=1S/C15H21N5OS/c1-10-9-11(2)20-14(16-10)18-15(19-20)22-8-7-13(21)17-12-5-3-4-6-12/h9,12H,3-8H2,1-2H3,(H,17,21). The van der Waals surface area contributed by atoms with Crippen LogP contribution in [0.15, 0.2) is 11.2 Å². The van der Waals surface area contributed by atoms with Crippen LogP contribution >= 0.6 is 11.8 Å². The van der Waals surface area contributed by atoms with E-state index in [1.165, 1.54) is 24.6 Å². The van der Waals surface area contributed by atoms with Crippen LogP contribution in [0.5, 0.6) is 0 Å². The lowest BCUT2D eigenvalue weighted by atomic mass is 10.2. The first-order valence-corrected chi connectivity index (χ1v) is 8.73. The molecule has 1 saturated carbocycles. The van der Waals surface area contributed by atoms with Crippen LogP contribution in [0.1, 0.15) is 43.5 Å². The molecule has 0 aromatic carbocycles. The summed E-state index contributed by atoms with van der Waals surface area (Å²) < 4.78 is 1.74. The van der Waals surface area contributed by atoms with Crippen molar-refractivity contribution in [3.05, 3.63) is 17.5 Å². The highest BCUT2D eigenvalue weighted by Crippen LogP contribution is 2.19. The van der Waals surface area contributed by atoms with E-state index in [4.69, 9.17) is 0 Å². The lowest BCUT2D eigenvalue weighted by Crippen LogP contribution is -2.32. The molecule has 0 atom stereocenters. The lowest BCUT2D eigenvalue weighted by molar-refractivity contribution is -0.121. The summed E-state index contributed by atoms with van der Waals surface area (Å²) in [7, 11) is 0. The van der Waals surface area contributed by atoms with Crippen LogP contribution in [0, 0.1) is 13.8 Å². The first-order chi connectivity index (χ1) is 10.6. The number of hydrogen-bond donors (Lipinski definition) is 1. The summed E-state index contributed by atoms with van der Waals surface area (Å²) in [5.74, 6) is 1.44. The Kier molecular flexibility index (Phi) is 4.61. The number of carbonyl (C=O) groups is 1. The zero-order valence-electron chi connectivity index (χ0n) is 13.0. The summed E-state index contributed by atoms with van der Waals surface area (Å²) in [4.78, 5) is 20.6. The summed E-state index contributed by atoms with van der Waals surface area (Å²) in [6.45, 7) is 3.93. The van der Waals surface area contributed by atoms with E-state index in [0.717, 1.165) is 24.2 Å². The Bertz CT molecular complexity index is 678. The molecule has 0 spiro atoms. The van der Waals surface area contributed by atoms with Gasteiger partial charge in [0.25, 0.3) is 5.78 Å². The van der Waals surface area contributed by atoms with Crippen LogP contribution in [0.3, 0.4) is 0 Å². The van der Waals surface area contributed by atoms with Gasteiger partial charge in [0.05, 0.1) is 0 Å². The third-order valence-corrected chi connectivity index (χ3v) is 4.72. The van der Waals surface area contributed by atoms with Crippen LogP contribution in [-0.2, 0) is 4.79 Å². The number of aryl methyl sites for hydroxylation is 2. The monoisotopic (exact) mass is 319 g/mol. The maximum absolute atomic E-state index is 11.9. The summed E-state index contributed by atoms with van der Waals surface area (Å²) >= 11 is 1.50. The Morgan fingerprint density at radius 2 is 2.14 bits per heavy atom. The number of amides is 1. The second-order valence-corrected chi connectivity index (χ2v) is 6.85. The highest BCUT2D eigenvalue weighted by atomic mass is 32.2. The highest BCUT2D eigenvalue weighted by molar-refractivity contribution is 7.99. The van der Waals surface area contributed by atoms with Crippen molar-refractivity contribution >= 4 is 23.4 Å². The molecule has 3 rings (SSSR count). The Labute approximate surface area is 134 Å². The zero-order chi connectivity index (χ0) is 15.5. The summed E-state index contributed by atoms with van der Waals surface area (Å²) in [6, 6.07) is 2.37. The van der Waals surface area contributed by atoms with Gasteiger partial charge in [-0.25, -0.2) is 9.50 Å². The highest BCUT2D eigenvalue weighted by Gasteiger charge is 2.17. The molecule has 118 valence electrons. The molecule has 2 aromatic rings. The molecule has 0 aliphatic heterocycles. The van der Waals surface area contributed by atoms with Crippen molar-refractivity contribution in [3.8, 4) is 0 Å². The molecule has 0 unspecified atom stereocenters. The first kappa shape index (κ1) is 15.3. The van der Waals surface area contributed by atoms with E-state index in [1.54, 1.807) is 4.52 Å². The van der Waals surface area contributed by atoms with Gasteiger partial charge >= 0.3 is 0 Å². The SMILES string of the molecule is Cc1cc(C)n2nc(SCCC(=O)NC3CCCC3)nc2n1. The number of nitrogens with one attached hydrogen (secondary N) is 1. The van der Waals surface area contributed by atoms with E-state index < -0.39 is 0 Å². The molecule has 1 aliphatic carbocycles. The Hall–Kier alpha value is -1.63. The van der Waals surface area contributed by atoms with Crippen LogP contribution in [0.25, 0.3) is 5.78 Å². The third-order valence-electron chi connectivity index (χ3n) is 3.88. The van der Waals surface area contributed by atoms with Gasteiger partial charge in [-0.2, -0.15) is 4.98 Å². The van der Waals surface area contributed by atoms with Crippen LogP contribution < -0.4 is 5.32 Å². The van der Waals surface area contributed by atoms with Crippen molar-refractivity contribution in [3.63, 3.8) is 0 Å². The number of carbonyl (C=O) groups excluding carboxylic acids is 1. The maximum atomic E-state index is 11.9. The van der Waals surface area contributed by atoms with E-state index >= 15 is 0 Å². The average molecular weight is 319 g/mol. The van der Waals surface area contributed by atoms with Crippen molar-refractivity contribution < 1.29 is 4.79 Å². The fraction of sp³-hybridized carbons (Fsp3) is 0.600. The second-order valence-electron chi connectivity index (χ2n) is 5.79. The summed E-state index contributed by atoms with van der Waals surface area (Å²) in [5.41, 5.74) is 1.95. The van der Waals surface area contributed by atoms with Crippen LogP contribution in [0.2, 0.25) is 0 Å². The number of fused-ring (bicyclic) bond motifs is 1. The second kappa shape index (κ2) is 6.64. The predicted octanol–water partition coefficient (Wildman–Crippen LogP) is 2.28. The topological polar surface area (TPSA) is 72.2 Å². The van der Waals surface area contributed by atoms with Crippen molar-refractivity contribution in [2.45, 2.75) is 57.1 Å². The Morgan fingerprint density at radius 1 is 1.36 bits per heavy atom. The number of rotatable bonds is 5. The van der Waals surface area contributed by atoms with Gasteiger partial charge in [0.1, 0.15) is 0 Å².